The van der Waals surface area contributed by atoms with Gasteiger partial charge in [0.25, 0.3) is 6.29 Å². The van der Waals surface area contributed by atoms with Crippen LogP contribution in [-0.4, -0.2) is 11.2 Å². The third-order valence-corrected chi connectivity index (χ3v) is 2.92. The van der Waals surface area contributed by atoms with E-state index in [2.05, 4.69) is 0 Å². The quantitative estimate of drug-likeness (QED) is 0.487. The van der Waals surface area contributed by atoms with Gasteiger partial charge in [-0.05, 0) is 6.07 Å². The van der Waals surface area contributed by atoms with Crippen LogP contribution in [0.1, 0.15) is 22.2 Å². The average molecular weight is 271 g/mol. The van der Waals surface area contributed by atoms with Crippen LogP contribution in [0, 0.1) is 10.1 Å². The second-order valence-corrected chi connectivity index (χ2v) is 4.22. The average Bonchev–Trinajstić information content (AvgIpc) is 2.90. The predicted octanol–water partition coefficient (Wildman–Crippen LogP) is 2.88. The zero-order valence-electron chi connectivity index (χ0n) is 10.2. The maximum atomic E-state index is 11.0. The van der Waals surface area contributed by atoms with E-state index in [1.807, 2.05) is 18.2 Å². The standard InChI is InChI=1S/C14H9NO5/c16-8-9-6-11(15(17)18)13-12(7-9)19-14(20-13)10-4-2-1-3-5-10/h1-8,14H. The fourth-order valence-corrected chi connectivity index (χ4v) is 2.01. The number of fused-ring (bicyclic) bond motifs is 1. The Labute approximate surface area is 113 Å². The molecule has 1 atom stereocenters. The van der Waals surface area contributed by atoms with Crippen LogP contribution in [0.5, 0.6) is 11.5 Å². The van der Waals surface area contributed by atoms with Gasteiger partial charge in [0, 0.05) is 17.2 Å². The highest BCUT2D eigenvalue weighted by Crippen LogP contribution is 2.46. The zero-order valence-corrected chi connectivity index (χ0v) is 10.2. The van der Waals surface area contributed by atoms with E-state index in [1.54, 1.807) is 12.1 Å². The number of hydrogen-bond donors (Lipinski definition) is 0. The van der Waals surface area contributed by atoms with Crippen LogP contribution in [0.15, 0.2) is 42.5 Å². The minimum atomic E-state index is -0.744. The van der Waals surface area contributed by atoms with Gasteiger partial charge in [0.1, 0.15) is 6.29 Å². The second-order valence-electron chi connectivity index (χ2n) is 4.22. The van der Waals surface area contributed by atoms with E-state index in [-0.39, 0.29) is 22.7 Å². The molecule has 0 spiro atoms. The molecule has 3 rings (SSSR count). The van der Waals surface area contributed by atoms with Crippen LogP contribution >= 0.6 is 0 Å². The van der Waals surface area contributed by atoms with Gasteiger partial charge in [0.2, 0.25) is 5.75 Å². The SMILES string of the molecule is O=Cc1cc2c(c([N+](=O)[O-])c1)OC(c1ccccc1)O2. The minimum absolute atomic E-state index is 0.0504. The molecule has 2 aromatic rings. The largest absolute Gasteiger partial charge is 0.446 e. The van der Waals surface area contributed by atoms with Gasteiger partial charge in [0.15, 0.2) is 5.75 Å². The van der Waals surface area contributed by atoms with E-state index < -0.39 is 11.2 Å². The van der Waals surface area contributed by atoms with Crippen molar-refractivity contribution in [3.8, 4) is 11.5 Å². The molecule has 0 bridgehead atoms. The summed E-state index contributed by atoms with van der Waals surface area (Å²) in [4.78, 5) is 21.2. The first-order valence-corrected chi connectivity index (χ1v) is 5.85. The molecule has 0 N–H and O–H groups in total. The van der Waals surface area contributed by atoms with Gasteiger partial charge in [0.05, 0.1) is 4.92 Å². The lowest BCUT2D eigenvalue weighted by atomic mass is 10.2. The normalized spacial score (nSPS) is 15.9. The van der Waals surface area contributed by atoms with E-state index in [9.17, 15) is 14.9 Å². The number of aldehydes is 1. The number of ether oxygens (including phenoxy) is 2. The zero-order chi connectivity index (χ0) is 14.1. The Morgan fingerprint density at radius 1 is 1.15 bits per heavy atom. The smallest absolute Gasteiger partial charge is 0.315 e. The third kappa shape index (κ3) is 1.97. The molecule has 0 aromatic heterocycles. The van der Waals surface area contributed by atoms with Gasteiger partial charge in [-0.1, -0.05) is 30.3 Å². The van der Waals surface area contributed by atoms with E-state index in [0.29, 0.717) is 6.29 Å². The Bertz CT molecular complexity index is 683. The van der Waals surface area contributed by atoms with Gasteiger partial charge in [-0.15, -0.1) is 0 Å². The van der Waals surface area contributed by atoms with Crippen LogP contribution in [0.3, 0.4) is 0 Å². The minimum Gasteiger partial charge on any atom is -0.446 e. The van der Waals surface area contributed by atoms with Gasteiger partial charge in [-0.2, -0.15) is 0 Å². The molecule has 2 aromatic carbocycles. The summed E-state index contributed by atoms with van der Waals surface area (Å²) in [6, 6.07) is 11.7. The molecule has 0 radical (unpaired) electrons. The molecule has 6 heteroatoms. The molecule has 0 saturated carbocycles. The fourth-order valence-electron chi connectivity index (χ4n) is 2.01. The van der Waals surface area contributed by atoms with Crippen molar-refractivity contribution in [2.24, 2.45) is 0 Å². The van der Waals surface area contributed by atoms with Gasteiger partial charge in [-0.25, -0.2) is 0 Å². The molecule has 1 aliphatic rings. The summed E-state index contributed by atoms with van der Waals surface area (Å²) in [5, 5.41) is 11.0. The molecule has 0 fully saturated rings. The number of hydrogen-bond acceptors (Lipinski definition) is 5. The molecular weight excluding hydrogens is 262 g/mol. The predicted molar refractivity (Wildman–Crippen MR) is 68.9 cm³/mol. The third-order valence-electron chi connectivity index (χ3n) is 2.92. The molecular formula is C14H9NO5. The van der Waals surface area contributed by atoms with Crippen molar-refractivity contribution in [3.63, 3.8) is 0 Å². The Morgan fingerprint density at radius 2 is 1.90 bits per heavy atom. The van der Waals surface area contributed by atoms with Crippen LogP contribution in [0.2, 0.25) is 0 Å². The summed E-state index contributed by atoms with van der Waals surface area (Å²) in [6.07, 6.45) is -0.209. The highest BCUT2D eigenvalue weighted by Gasteiger charge is 2.33. The van der Waals surface area contributed by atoms with Crippen molar-refractivity contribution >= 4 is 12.0 Å². The van der Waals surface area contributed by atoms with E-state index in [4.69, 9.17) is 9.47 Å². The number of rotatable bonds is 3. The van der Waals surface area contributed by atoms with E-state index >= 15 is 0 Å². The molecule has 0 saturated heterocycles. The maximum absolute atomic E-state index is 11.0. The molecule has 6 nitrogen and oxygen atoms in total. The topological polar surface area (TPSA) is 78.7 Å². The van der Waals surface area contributed by atoms with Crippen LogP contribution in [0.25, 0.3) is 0 Å². The van der Waals surface area contributed by atoms with Crippen molar-refractivity contribution in [3.05, 3.63) is 63.7 Å². The van der Waals surface area contributed by atoms with Crippen molar-refractivity contribution in [1.82, 2.24) is 0 Å². The fraction of sp³-hybridized carbons (Fsp3) is 0.0714. The summed E-state index contributed by atoms with van der Waals surface area (Å²) < 4.78 is 11.0. The van der Waals surface area contributed by atoms with Gasteiger partial charge in [-0.3, -0.25) is 14.9 Å². The number of carbonyl (C=O) groups excluding carboxylic acids is 1. The van der Waals surface area contributed by atoms with E-state index in [0.717, 1.165) is 5.56 Å². The van der Waals surface area contributed by atoms with Gasteiger partial charge >= 0.3 is 5.69 Å². The molecule has 0 amide bonds. The second kappa shape index (κ2) is 4.65. The van der Waals surface area contributed by atoms with Crippen molar-refractivity contribution in [1.29, 1.82) is 0 Å². The Morgan fingerprint density at radius 3 is 2.55 bits per heavy atom. The molecule has 1 unspecified atom stereocenters. The number of carbonyl (C=O) groups is 1. The monoisotopic (exact) mass is 271 g/mol. The lowest BCUT2D eigenvalue weighted by Gasteiger charge is -2.09. The lowest BCUT2D eigenvalue weighted by Crippen LogP contribution is -2.07. The van der Waals surface area contributed by atoms with Crippen molar-refractivity contribution in [2.45, 2.75) is 6.29 Å². The Kier molecular flexibility index (Phi) is 2.83. The van der Waals surface area contributed by atoms with Crippen LogP contribution in [-0.2, 0) is 0 Å². The highest BCUT2D eigenvalue weighted by atomic mass is 16.7. The Balaban J connectivity index is 2.03. The first-order valence-electron chi connectivity index (χ1n) is 5.85. The van der Waals surface area contributed by atoms with Crippen LogP contribution in [0.4, 0.5) is 5.69 Å². The van der Waals surface area contributed by atoms with Gasteiger partial charge < -0.3 is 9.47 Å². The summed E-state index contributed by atoms with van der Waals surface area (Å²) in [7, 11) is 0. The summed E-state index contributed by atoms with van der Waals surface area (Å²) >= 11 is 0. The first-order chi connectivity index (χ1) is 9.69. The number of nitro benzene ring substituents is 1. The molecule has 1 heterocycles. The molecule has 20 heavy (non-hydrogen) atoms. The van der Waals surface area contributed by atoms with Crippen molar-refractivity contribution < 1.29 is 19.2 Å². The lowest BCUT2D eigenvalue weighted by molar-refractivity contribution is -0.385. The molecule has 100 valence electrons. The summed E-state index contributed by atoms with van der Waals surface area (Å²) in [5.74, 6) is 0.254. The van der Waals surface area contributed by atoms with Crippen LogP contribution < -0.4 is 9.47 Å². The summed E-state index contributed by atoms with van der Waals surface area (Å²) in [6.45, 7) is 0. The molecule has 1 aliphatic heterocycles. The van der Waals surface area contributed by atoms with E-state index in [1.165, 1.54) is 12.1 Å². The highest BCUT2D eigenvalue weighted by molar-refractivity contribution is 5.79. The summed E-state index contributed by atoms with van der Waals surface area (Å²) in [5.41, 5.74) is 0.640. The first kappa shape index (κ1) is 12.2. The number of benzene rings is 2. The molecule has 0 aliphatic carbocycles. The number of nitro groups is 1. The van der Waals surface area contributed by atoms with Crippen molar-refractivity contribution in [2.75, 3.05) is 0 Å². The Hall–Kier alpha value is -2.89. The number of nitrogens with zero attached hydrogens (tertiary/aromatic N) is 1. The maximum Gasteiger partial charge on any atom is 0.315 e.